The van der Waals surface area contributed by atoms with E-state index in [1.54, 1.807) is 13.0 Å². The zero-order valence-corrected chi connectivity index (χ0v) is 18.6. The summed E-state index contributed by atoms with van der Waals surface area (Å²) in [7, 11) is 0. The number of thiophene rings is 1. The van der Waals surface area contributed by atoms with Crippen molar-refractivity contribution >= 4 is 21.6 Å². The van der Waals surface area contributed by atoms with Crippen LogP contribution in [0.4, 0.5) is 26.3 Å². The van der Waals surface area contributed by atoms with Gasteiger partial charge in [0.25, 0.3) is 5.56 Å². The molecule has 0 aliphatic carbocycles. The maximum Gasteiger partial charge on any atom is 0.416 e. The maximum atomic E-state index is 12.7. The smallest absolute Gasteiger partial charge is 0.416 e. The van der Waals surface area contributed by atoms with Gasteiger partial charge in [-0.15, -0.1) is 11.3 Å². The van der Waals surface area contributed by atoms with Gasteiger partial charge < -0.3 is 4.74 Å². The number of hydrogen-bond acceptors (Lipinski definition) is 5. The molecule has 0 aliphatic rings. The van der Waals surface area contributed by atoms with Crippen molar-refractivity contribution in [3.63, 3.8) is 0 Å². The van der Waals surface area contributed by atoms with Gasteiger partial charge in [0.05, 0.1) is 17.4 Å². The van der Waals surface area contributed by atoms with Crippen LogP contribution in [0.15, 0.2) is 52.2 Å². The quantitative estimate of drug-likeness (QED) is 0.337. The highest BCUT2D eigenvalue weighted by molar-refractivity contribution is 7.22. The molecule has 1 aromatic carbocycles. The summed E-state index contributed by atoms with van der Waals surface area (Å²) >= 11 is 0.985. The van der Waals surface area contributed by atoms with E-state index < -0.39 is 42.1 Å². The minimum Gasteiger partial charge on any atom is -0.439 e. The molecule has 0 aliphatic heterocycles. The van der Waals surface area contributed by atoms with Crippen molar-refractivity contribution in [1.82, 2.24) is 14.5 Å². The zero-order valence-electron chi connectivity index (χ0n) is 17.8. The van der Waals surface area contributed by atoms with Gasteiger partial charge >= 0.3 is 18.0 Å². The molecule has 0 saturated carbocycles. The van der Waals surface area contributed by atoms with E-state index in [2.05, 4.69) is 9.97 Å². The monoisotopic (exact) mass is 515 g/mol. The number of benzene rings is 1. The van der Waals surface area contributed by atoms with E-state index in [4.69, 9.17) is 4.74 Å². The fraction of sp³-hybridized carbons (Fsp3) is 0.227. The van der Waals surface area contributed by atoms with Crippen molar-refractivity contribution in [1.29, 1.82) is 0 Å². The third kappa shape index (κ3) is 5.24. The third-order valence-electron chi connectivity index (χ3n) is 5.09. The third-order valence-corrected chi connectivity index (χ3v) is 6.45. The normalized spacial score (nSPS) is 12.3. The number of aromatic amines is 1. The van der Waals surface area contributed by atoms with E-state index in [9.17, 15) is 35.9 Å². The summed E-state index contributed by atoms with van der Waals surface area (Å²) in [5, 5.41) is 0.108. The molecule has 0 amide bonds. The van der Waals surface area contributed by atoms with Crippen molar-refractivity contribution in [2.24, 2.45) is 0 Å². The summed E-state index contributed by atoms with van der Waals surface area (Å²) in [6, 6.07) is 7.09. The van der Waals surface area contributed by atoms with Crippen molar-refractivity contribution in [2.75, 3.05) is 0 Å². The molecule has 0 atom stereocenters. The molecule has 0 radical (unpaired) electrons. The van der Waals surface area contributed by atoms with Gasteiger partial charge in [0.15, 0.2) is 0 Å². The van der Waals surface area contributed by atoms with E-state index in [0.717, 1.165) is 40.2 Å². The molecule has 184 valence electrons. The highest BCUT2D eigenvalue weighted by Crippen LogP contribution is 2.37. The molecule has 0 spiro atoms. The summed E-state index contributed by atoms with van der Waals surface area (Å²) < 4.78 is 82.6. The predicted octanol–water partition coefficient (Wildman–Crippen LogP) is 5.89. The number of aryl methyl sites for hydroxylation is 2. The predicted molar refractivity (Wildman–Crippen MR) is 117 cm³/mol. The molecule has 4 aromatic rings. The van der Waals surface area contributed by atoms with Gasteiger partial charge in [-0.05, 0) is 42.8 Å². The number of alkyl halides is 6. The molecule has 1 N–H and O–H groups in total. The summed E-state index contributed by atoms with van der Waals surface area (Å²) in [6.45, 7) is 0.960. The molecule has 0 fully saturated rings. The summed E-state index contributed by atoms with van der Waals surface area (Å²) in [5.74, 6) is 0.226. The second-order valence-corrected chi connectivity index (χ2v) is 8.52. The van der Waals surface area contributed by atoms with E-state index >= 15 is 0 Å². The lowest BCUT2D eigenvalue weighted by molar-refractivity contribution is -0.138. The van der Waals surface area contributed by atoms with Crippen LogP contribution < -0.4 is 16.0 Å². The molecule has 4 rings (SSSR count). The van der Waals surface area contributed by atoms with Crippen molar-refractivity contribution in [3.05, 3.63) is 74.6 Å². The summed E-state index contributed by atoms with van der Waals surface area (Å²) in [4.78, 5) is 31.4. The Hall–Kier alpha value is -3.61. The largest absolute Gasteiger partial charge is 0.439 e. The molecule has 6 nitrogen and oxygen atoms in total. The maximum absolute atomic E-state index is 12.7. The Balaban J connectivity index is 1.64. The minimum atomic E-state index is -4.48. The minimum absolute atomic E-state index is 0.0900. The van der Waals surface area contributed by atoms with Gasteiger partial charge in [0.2, 0.25) is 5.88 Å². The first-order valence-electron chi connectivity index (χ1n) is 9.98. The van der Waals surface area contributed by atoms with Gasteiger partial charge in [-0.25, -0.2) is 9.78 Å². The van der Waals surface area contributed by atoms with Gasteiger partial charge in [-0.3, -0.25) is 14.3 Å². The fourth-order valence-corrected chi connectivity index (χ4v) is 4.72. The van der Waals surface area contributed by atoms with Crippen LogP contribution in [0.25, 0.3) is 20.7 Å². The first-order valence-corrected chi connectivity index (χ1v) is 10.8. The second kappa shape index (κ2) is 8.87. The van der Waals surface area contributed by atoms with Gasteiger partial charge in [-0.2, -0.15) is 26.3 Å². The summed E-state index contributed by atoms with van der Waals surface area (Å²) in [6.07, 6.45) is -8.80. The van der Waals surface area contributed by atoms with E-state index in [0.29, 0.717) is 16.0 Å². The number of halogens is 6. The number of rotatable bonds is 5. The Morgan fingerprint density at radius 3 is 2.29 bits per heavy atom. The zero-order chi connectivity index (χ0) is 25.5. The standard InChI is InChI=1S/C22H15F6N3O3S/c1-11-16-18(32)30-20(33)31(9-8-21(23,24)25)19(16)35-17(11)12-2-7-15(29-10-12)34-14-5-3-13(4-6-14)22(26,27)28/h2-7,10H,8-9H2,1H3,(H,30,32,33). The molecule has 35 heavy (non-hydrogen) atoms. The molecular weight excluding hydrogens is 500 g/mol. The second-order valence-electron chi connectivity index (χ2n) is 7.52. The number of nitrogens with one attached hydrogen (secondary N) is 1. The topological polar surface area (TPSA) is 77.0 Å². The van der Waals surface area contributed by atoms with Gasteiger partial charge in [0.1, 0.15) is 10.6 Å². The molecule has 13 heteroatoms. The van der Waals surface area contributed by atoms with Crippen molar-refractivity contribution < 1.29 is 31.1 Å². The lowest BCUT2D eigenvalue weighted by atomic mass is 10.1. The van der Waals surface area contributed by atoms with Crippen LogP contribution in [0.3, 0.4) is 0 Å². The molecular formula is C22H15F6N3O3S. The van der Waals surface area contributed by atoms with Crippen LogP contribution in [-0.2, 0) is 12.7 Å². The fourth-order valence-electron chi connectivity index (χ4n) is 3.40. The SMILES string of the molecule is Cc1c(-c2ccc(Oc3ccc(C(F)(F)F)cc3)nc2)sc2c1c(=O)[nH]c(=O)n2CCC(F)(F)F. The average Bonchev–Trinajstić information content (AvgIpc) is 3.10. The van der Waals surface area contributed by atoms with Crippen LogP contribution in [0.2, 0.25) is 0 Å². The molecule has 3 aromatic heterocycles. The highest BCUT2D eigenvalue weighted by atomic mass is 32.1. The van der Waals surface area contributed by atoms with Gasteiger partial charge in [0, 0.05) is 29.2 Å². The number of aromatic nitrogens is 3. The Morgan fingerprint density at radius 2 is 1.71 bits per heavy atom. The first-order chi connectivity index (χ1) is 16.3. The average molecular weight is 515 g/mol. The van der Waals surface area contributed by atoms with Crippen LogP contribution in [0.1, 0.15) is 17.5 Å². The Labute approximate surface area is 196 Å². The van der Waals surface area contributed by atoms with Crippen LogP contribution in [0, 0.1) is 6.92 Å². The van der Waals surface area contributed by atoms with Crippen LogP contribution in [0.5, 0.6) is 11.6 Å². The van der Waals surface area contributed by atoms with Crippen LogP contribution in [-0.4, -0.2) is 20.7 Å². The van der Waals surface area contributed by atoms with Gasteiger partial charge in [-0.1, -0.05) is 0 Å². The lowest BCUT2D eigenvalue weighted by Gasteiger charge is -2.09. The highest BCUT2D eigenvalue weighted by Gasteiger charge is 2.30. The lowest BCUT2D eigenvalue weighted by Crippen LogP contribution is -2.31. The Kier molecular flexibility index (Phi) is 6.21. The Bertz CT molecular complexity index is 1480. The molecule has 0 bridgehead atoms. The number of nitrogens with zero attached hydrogens (tertiary/aromatic N) is 2. The van der Waals surface area contributed by atoms with E-state index in [1.807, 2.05) is 0 Å². The van der Waals surface area contributed by atoms with Crippen molar-refractivity contribution in [2.45, 2.75) is 32.2 Å². The first kappa shape index (κ1) is 24.5. The number of pyridine rings is 1. The van der Waals surface area contributed by atoms with E-state index in [1.165, 1.54) is 12.3 Å². The van der Waals surface area contributed by atoms with E-state index in [-0.39, 0.29) is 21.8 Å². The number of fused-ring (bicyclic) bond motifs is 1. The van der Waals surface area contributed by atoms with Crippen LogP contribution >= 0.6 is 11.3 Å². The molecule has 0 unspecified atom stereocenters. The number of ether oxygens (including phenoxy) is 1. The summed E-state index contributed by atoms with van der Waals surface area (Å²) in [5.41, 5.74) is -1.48. The molecule has 3 heterocycles. The number of H-pyrrole nitrogens is 1. The molecule has 0 saturated heterocycles. The Morgan fingerprint density at radius 1 is 1.03 bits per heavy atom. The number of hydrogen-bond donors (Lipinski definition) is 1. The van der Waals surface area contributed by atoms with Crippen molar-refractivity contribution in [3.8, 4) is 22.1 Å².